The van der Waals surface area contributed by atoms with E-state index in [1.165, 1.54) is 0 Å². The summed E-state index contributed by atoms with van der Waals surface area (Å²) in [6.07, 6.45) is 2.49. The molecule has 0 aromatic rings. The third-order valence-corrected chi connectivity index (χ3v) is 1.50. The number of nitrogens with one attached hydrogen (secondary N) is 4. The van der Waals surface area contributed by atoms with Gasteiger partial charge in [0, 0.05) is 0 Å². The van der Waals surface area contributed by atoms with E-state index in [4.69, 9.17) is 12.2 Å². The first-order valence-corrected chi connectivity index (χ1v) is 3.81. The number of rotatable bonds is 2. The van der Waals surface area contributed by atoms with E-state index in [9.17, 15) is 0 Å². The van der Waals surface area contributed by atoms with Gasteiger partial charge in [-0.1, -0.05) is 13.3 Å². The standard InChI is InChI=1S/C5H12N4S/c1-2-3-4-6-8-5(10)9-7-4/h4,6-7H,2-3H2,1H3,(H2,8,9,10). The smallest absolute Gasteiger partial charge is 0.195 e. The molecule has 10 heavy (non-hydrogen) atoms. The Morgan fingerprint density at radius 3 is 2.50 bits per heavy atom. The fraction of sp³-hybridized carbons (Fsp3) is 0.800. The van der Waals surface area contributed by atoms with Crippen molar-refractivity contribution in [1.82, 2.24) is 21.7 Å². The van der Waals surface area contributed by atoms with E-state index < -0.39 is 0 Å². The van der Waals surface area contributed by atoms with Gasteiger partial charge >= 0.3 is 0 Å². The van der Waals surface area contributed by atoms with Gasteiger partial charge < -0.3 is 0 Å². The highest BCUT2D eigenvalue weighted by Crippen LogP contribution is 1.91. The lowest BCUT2D eigenvalue weighted by Gasteiger charge is -2.27. The second-order valence-electron chi connectivity index (χ2n) is 2.21. The summed E-state index contributed by atoms with van der Waals surface area (Å²) in [6, 6.07) is 0. The van der Waals surface area contributed by atoms with Crippen LogP contribution in [0, 0.1) is 0 Å². The Morgan fingerprint density at radius 2 is 2.00 bits per heavy atom. The lowest BCUT2D eigenvalue weighted by molar-refractivity contribution is 0.333. The zero-order valence-electron chi connectivity index (χ0n) is 5.90. The Bertz CT molecular complexity index is 117. The van der Waals surface area contributed by atoms with E-state index in [-0.39, 0.29) is 6.17 Å². The van der Waals surface area contributed by atoms with Crippen LogP contribution in [0.25, 0.3) is 0 Å². The fourth-order valence-electron chi connectivity index (χ4n) is 0.806. The van der Waals surface area contributed by atoms with E-state index >= 15 is 0 Å². The summed E-state index contributed by atoms with van der Waals surface area (Å²) in [6.45, 7) is 2.14. The molecule has 0 spiro atoms. The van der Waals surface area contributed by atoms with E-state index in [1.54, 1.807) is 0 Å². The molecular weight excluding hydrogens is 148 g/mol. The minimum atomic E-state index is 0.275. The van der Waals surface area contributed by atoms with Crippen LogP contribution >= 0.6 is 12.2 Å². The molecule has 0 amide bonds. The van der Waals surface area contributed by atoms with Crippen molar-refractivity contribution in [1.29, 1.82) is 0 Å². The van der Waals surface area contributed by atoms with Crippen LogP contribution in [0.1, 0.15) is 19.8 Å². The van der Waals surface area contributed by atoms with Crippen LogP contribution < -0.4 is 21.7 Å². The monoisotopic (exact) mass is 160 g/mol. The SMILES string of the molecule is CCCC1NNC(=S)NN1. The van der Waals surface area contributed by atoms with Gasteiger partial charge in [-0.3, -0.25) is 10.9 Å². The predicted molar refractivity (Wildman–Crippen MR) is 43.8 cm³/mol. The first-order valence-electron chi connectivity index (χ1n) is 3.40. The van der Waals surface area contributed by atoms with Crippen LogP contribution in [0.15, 0.2) is 0 Å². The highest BCUT2D eigenvalue weighted by atomic mass is 32.1. The molecule has 1 aliphatic heterocycles. The summed E-state index contributed by atoms with van der Waals surface area (Å²) < 4.78 is 0. The Balaban J connectivity index is 2.19. The normalized spacial score (nSPS) is 19.9. The van der Waals surface area contributed by atoms with Gasteiger partial charge in [-0.25, -0.2) is 10.9 Å². The number of hydrazine groups is 2. The van der Waals surface area contributed by atoms with Crippen molar-refractivity contribution in [3.8, 4) is 0 Å². The van der Waals surface area contributed by atoms with Gasteiger partial charge in [0.25, 0.3) is 0 Å². The summed E-state index contributed by atoms with van der Waals surface area (Å²) in [5.74, 6) is 0. The molecule has 1 rings (SSSR count). The highest BCUT2D eigenvalue weighted by molar-refractivity contribution is 7.80. The maximum Gasteiger partial charge on any atom is 0.195 e. The van der Waals surface area contributed by atoms with Crippen molar-refractivity contribution < 1.29 is 0 Å². The van der Waals surface area contributed by atoms with Crippen LogP contribution in [0.4, 0.5) is 0 Å². The quantitative estimate of drug-likeness (QED) is 0.414. The van der Waals surface area contributed by atoms with E-state index in [1.807, 2.05) is 0 Å². The van der Waals surface area contributed by atoms with Crippen molar-refractivity contribution >= 4 is 17.3 Å². The number of hydrogen-bond acceptors (Lipinski definition) is 3. The van der Waals surface area contributed by atoms with Crippen molar-refractivity contribution in [2.45, 2.75) is 25.9 Å². The minimum Gasteiger partial charge on any atom is -0.296 e. The van der Waals surface area contributed by atoms with Crippen LogP contribution in [0.3, 0.4) is 0 Å². The lowest BCUT2D eigenvalue weighted by Crippen LogP contribution is -2.65. The first kappa shape index (κ1) is 7.71. The third-order valence-electron chi connectivity index (χ3n) is 1.30. The van der Waals surface area contributed by atoms with Gasteiger partial charge in [0.2, 0.25) is 0 Å². The number of hydrogen-bond donors (Lipinski definition) is 4. The Labute approximate surface area is 65.7 Å². The fourth-order valence-corrected chi connectivity index (χ4v) is 0.924. The summed E-state index contributed by atoms with van der Waals surface area (Å²) >= 11 is 4.80. The second kappa shape index (κ2) is 3.70. The maximum atomic E-state index is 4.80. The van der Waals surface area contributed by atoms with Crippen LogP contribution in [0.2, 0.25) is 0 Å². The molecule has 1 aliphatic rings. The minimum absolute atomic E-state index is 0.275. The summed E-state index contributed by atoms with van der Waals surface area (Å²) in [4.78, 5) is 0. The molecular formula is C5H12N4S. The summed E-state index contributed by atoms with van der Waals surface area (Å²) in [7, 11) is 0. The molecule has 0 unspecified atom stereocenters. The molecule has 5 heteroatoms. The molecule has 0 radical (unpaired) electrons. The van der Waals surface area contributed by atoms with Crippen molar-refractivity contribution in [2.75, 3.05) is 0 Å². The van der Waals surface area contributed by atoms with Gasteiger partial charge in [-0.15, -0.1) is 0 Å². The van der Waals surface area contributed by atoms with Crippen LogP contribution in [-0.4, -0.2) is 11.3 Å². The Morgan fingerprint density at radius 1 is 1.40 bits per heavy atom. The number of thiocarbonyl (C=S) groups is 1. The Kier molecular flexibility index (Phi) is 2.85. The summed E-state index contributed by atoms with van der Waals surface area (Å²) in [5, 5.41) is 0.590. The molecule has 4 nitrogen and oxygen atoms in total. The van der Waals surface area contributed by atoms with E-state index in [0.717, 1.165) is 12.8 Å². The zero-order chi connectivity index (χ0) is 7.40. The van der Waals surface area contributed by atoms with Crippen LogP contribution in [-0.2, 0) is 0 Å². The van der Waals surface area contributed by atoms with Gasteiger partial charge in [-0.05, 0) is 18.6 Å². The van der Waals surface area contributed by atoms with Gasteiger partial charge in [0.15, 0.2) is 5.11 Å². The van der Waals surface area contributed by atoms with Crippen LogP contribution in [0.5, 0.6) is 0 Å². The second-order valence-corrected chi connectivity index (χ2v) is 2.62. The van der Waals surface area contributed by atoms with Crippen molar-refractivity contribution in [3.63, 3.8) is 0 Å². The molecule has 58 valence electrons. The van der Waals surface area contributed by atoms with Gasteiger partial charge in [0.1, 0.15) is 0 Å². The van der Waals surface area contributed by atoms with E-state index in [2.05, 4.69) is 28.6 Å². The topological polar surface area (TPSA) is 48.1 Å². The molecule has 0 aliphatic carbocycles. The zero-order valence-corrected chi connectivity index (χ0v) is 6.72. The average Bonchev–Trinajstić information content (AvgIpc) is 1.95. The Hall–Kier alpha value is -0.390. The largest absolute Gasteiger partial charge is 0.296 e. The molecule has 1 saturated heterocycles. The molecule has 0 atom stereocenters. The van der Waals surface area contributed by atoms with Gasteiger partial charge in [-0.2, -0.15) is 0 Å². The van der Waals surface area contributed by atoms with Gasteiger partial charge in [0.05, 0.1) is 6.17 Å². The molecule has 0 bridgehead atoms. The molecule has 1 heterocycles. The first-order chi connectivity index (χ1) is 4.83. The van der Waals surface area contributed by atoms with E-state index in [0.29, 0.717) is 5.11 Å². The lowest BCUT2D eigenvalue weighted by atomic mass is 10.3. The molecule has 0 saturated carbocycles. The van der Waals surface area contributed by atoms with Crippen molar-refractivity contribution in [3.05, 3.63) is 0 Å². The van der Waals surface area contributed by atoms with Crippen molar-refractivity contribution in [2.24, 2.45) is 0 Å². The molecule has 1 fully saturated rings. The maximum absolute atomic E-state index is 4.80. The summed E-state index contributed by atoms with van der Waals surface area (Å²) in [5.41, 5.74) is 11.7. The molecule has 4 N–H and O–H groups in total. The highest BCUT2D eigenvalue weighted by Gasteiger charge is 2.10. The third kappa shape index (κ3) is 2.09. The average molecular weight is 160 g/mol. The molecule has 0 aromatic heterocycles. The predicted octanol–water partition coefficient (Wildman–Crippen LogP) is -0.400. The molecule has 0 aromatic carbocycles.